The summed E-state index contributed by atoms with van der Waals surface area (Å²) in [5, 5.41) is 9.56. The fraction of sp³-hybridized carbons (Fsp3) is 0.857. The molecule has 0 aromatic heterocycles. The third kappa shape index (κ3) is 11.8. The number of carbonyl (C=O) groups excluding carboxylic acids is 2. The zero-order chi connectivity index (χ0) is 20.5. The van der Waals surface area contributed by atoms with E-state index in [4.69, 9.17) is 5.73 Å². The lowest BCUT2D eigenvalue weighted by Gasteiger charge is -2.27. The maximum Gasteiger partial charge on any atom is 0.326 e. The molecule has 1 atom stereocenters. The first-order valence-electron chi connectivity index (χ1n) is 10.8. The Morgan fingerprint density at radius 3 is 1.59 bits per heavy atom. The van der Waals surface area contributed by atoms with Gasteiger partial charge in [0.25, 0.3) is 0 Å². The summed E-state index contributed by atoms with van der Waals surface area (Å²) in [5.41, 5.74) is 5.50. The number of nitrogens with two attached hydrogens (primary N) is 1. The van der Waals surface area contributed by atoms with Crippen molar-refractivity contribution >= 4 is 17.8 Å². The third-order valence-electron chi connectivity index (χ3n) is 4.80. The van der Waals surface area contributed by atoms with Gasteiger partial charge in [-0.2, -0.15) is 0 Å². The quantitative estimate of drug-likeness (QED) is 0.365. The van der Waals surface area contributed by atoms with Crippen LogP contribution in [0.1, 0.15) is 104 Å². The number of amides is 2. The molecule has 0 aromatic carbocycles. The van der Waals surface area contributed by atoms with Crippen molar-refractivity contribution in [3.63, 3.8) is 0 Å². The molecular formula is C21H40N2O4. The Kier molecular flexibility index (Phi) is 15.8. The monoisotopic (exact) mass is 384 g/mol. The predicted octanol–water partition coefficient (Wildman–Crippen LogP) is 4.25. The van der Waals surface area contributed by atoms with Crippen LogP contribution in [0.25, 0.3) is 0 Å². The highest BCUT2D eigenvalue weighted by atomic mass is 16.4. The molecule has 0 rings (SSSR count). The Labute approximate surface area is 164 Å². The highest BCUT2D eigenvalue weighted by molar-refractivity contribution is 5.99. The third-order valence-corrected chi connectivity index (χ3v) is 4.80. The van der Waals surface area contributed by atoms with Crippen LogP contribution in [0.5, 0.6) is 0 Å². The van der Waals surface area contributed by atoms with Crippen LogP contribution >= 0.6 is 0 Å². The second-order valence-electron chi connectivity index (χ2n) is 7.27. The molecule has 1 unspecified atom stereocenters. The van der Waals surface area contributed by atoms with Crippen molar-refractivity contribution in [2.45, 2.75) is 110 Å². The largest absolute Gasteiger partial charge is 0.480 e. The molecule has 158 valence electrons. The molecule has 0 aromatic rings. The first kappa shape index (κ1) is 25.6. The van der Waals surface area contributed by atoms with Crippen molar-refractivity contribution < 1.29 is 19.5 Å². The summed E-state index contributed by atoms with van der Waals surface area (Å²) in [4.78, 5) is 38.1. The normalized spacial score (nSPS) is 12.0. The molecule has 0 saturated carbocycles. The van der Waals surface area contributed by atoms with E-state index in [1.54, 1.807) is 0 Å². The molecule has 0 fully saturated rings. The van der Waals surface area contributed by atoms with Gasteiger partial charge in [0, 0.05) is 12.8 Å². The number of imide groups is 1. The molecule has 0 heterocycles. The van der Waals surface area contributed by atoms with E-state index in [-0.39, 0.29) is 31.1 Å². The van der Waals surface area contributed by atoms with Crippen LogP contribution in [0.2, 0.25) is 0 Å². The molecule has 0 aliphatic carbocycles. The maximum absolute atomic E-state index is 12.7. The molecule has 0 aliphatic heterocycles. The Morgan fingerprint density at radius 1 is 0.778 bits per heavy atom. The summed E-state index contributed by atoms with van der Waals surface area (Å²) in [6.07, 6.45) is 11.0. The minimum absolute atomic E-state index is 0.217. The fourth-order valence-corrected chi connectivity index (χ4v) is 3.16. The van der Waals surface area contributed by atoms with E-state index in [2.05, 4.69) is 13.8 Å². The smallest absolute Gasteiger partial charge is 0.326 e. The number of hydrogen-bond acceptors (Lipinski definition) is 4. The molecule has 27 heavy (non-hydrogen) atoms. The molecule has 0 bridgehead atoms. The Morgan fingerprint density at radius 2 is 1.22 bits per heavy atom. The average molecular weight is 385 g/mol. The van der Waals surface area contributed by atoms with Gasteiger partial charge in [-0.15, -0.1) is 0 Å². The molecule has 6 heteroatoms. The van der Waals surface area contributed by atoms with E-state index in [0.29, 0.717) is 25.8 Å². The summed E-state index contributed by atoms with van der Waals surface area (Å²) in [7, 11) is 0. The van der Waals surface area contributed by atoms with Gasteiger partial charge in [0.2, 0.25) is 11.8 Å². The van der Waals surface area contributed by atoms with Crippen LogP contribution in [-0.4, -0.2) is 40.4 Å². The standard InChI is InChI=1S/C21H40N2O4/c1-3-5-7-9-11-15-19(24)23(18(21(26)27)14-13-17-22)20(25)16-12-10-8-6-4-2/h18H,3-17,22H2,1-2H3,(H,26,27). The highest BCUT2D eigenvalue weighted by Gasteiger charge is 2.33. The van der Waals surface area contributed by atoms with Gasteiger partial charge < -0.3 is 10.8 Å². The summed E-state index contributed by atoms with van der Waals surface area (Å²) in [6, 6.07) is -1.10. The minimum Gasteiger partial charge on any atom is -0.480 e. The zero-order valence-electron chi connectivity index (χ0n) is 17.4. The van der Waals surface area contributed by atoms with Gasteiger partial charge in [-0.05, 0) is 32.2 Å². The van der Waals surface area contributed by atoms with Gasteiger partial charge in [-0.1, -0.05) is 65.2 Å². The number of nitrogens with zero attached hydrogens (tertiary/aromatic N) is 1. The SMILES string of the molecule is CCCCCCCC(=O)N(C(=O)CCCCCCC)C(CCCN)C(=O)O. The first-order valence-corrected chi connectivity index (χ1v) is 10.8. The van der Waals surface area contributed by atoms with Crippen molar-refractivity contribution in [1.29, 1.82) is 0 Å². The Balaban J connectivity index is 4.87. The Bertz CT molecular complexity index is 400. The van der Waals surface area contributed by atoms with E-state index in [1.807, 2.05) is 0 Å². The maximum atomic E-state index is 12.7. The van der Waals surface area contributed by atoms with Crippen LogP contribution in [0.3, 0.4) is 0 Å². The minimum atomic E-state index is -1.12. The van der Waals surface area contributed by atoms with Crippen molar-refractivity contribution in [3.8, 4) is 0 Å². The number of unbranched alkanes of at least 4 members (excludes halogenated alkanes) is 8. The van der Waals surface area contributed by atoms with Crippen LogP contribution in [0, 0.1) is 0 Å². The van der Waals surface area contributed by atoms with Gasteiger partial charge in [-0.3, -0.25) is 14.5 Å². The van der Waals surface area contributed by atoms with Gasteiger partial charge in [0.15, 0.2) is 0 Å². The summed E-state index contributed by atoms with van der Waals surface area (Å²) < 4.78 is 0. The molecule has 0 radical (unpaired) electrons. The molecule has 2 amide bonds. The number of carboxylic acid groups (broad SMARTS) is 1. The average Bonchev–Trinajstić information content (AvgIpc) is 2.64. The van der Waals surface area contributed by atoms with Gasteiger partial charge in [0.05, 0.1) is 0 Å². The summed E-state index contributed by atoms with van der Waals surface area (Å²) >= 11 is 0. The second-order valence-corrected chi connectivity index (χ2v) is 7.27. The molecule has 3 N–H and O–H groups in total. The lowest BCUT2D eigenvalue weighted by atomic mass is 10.0. The van der Waals surface area contributed by atoms with Gasteiger partial charge in [0.1, 0.15) is 6.04 Å². The van der Waals surface area contributed by atoms with Crippen molar-refractivity contribution in [3.05, 3.63) is 0 Å². The second kappa shape index (κ2) is 16.7. The fourth-order valence-electron chi connectivity index (χ4n) is 3.16. The number of hydrogen-bond donors (Lipinski definition) is 2. The van der Waals surface area contributed by atoms with Crippen LogP contribution in [0.15, 0.2) is 0 Å². The van der Waals surface area contributed by atoms with Crippen molar-refractivity contribution in [1.82, 2.24) is 4.90 Å². The van der Waals surface area contributed by atoms with Gasteiger partial charge >= 0.3 is 5.97 Å². The predicted molar refractivity (Wildman–Crippen MR) is 108 cm³/mol. The van der Waals surface area contributed by atoms with E-state index >= 15 is 0 Å². The van der Waals surface area contributed by atoms with Crippen molar-refractivity contribution in [2.24, 2.45) is 5.73 Å². The lowest BCUT2D eigenvalue weighted by Crippen LogP contribution is -2.48. The number of carbonyl (C=O) groups is 3. The molecular weight excluding hydrogens is 344 g/mol. The Hall–Kier alpha value is -1.43. The molecule has 0 aliphatic rings. The number of carboxylic acids is 1. The molecule has 0 spiro atoms. The summed E-state index contributed by atoms with van der Waals surface area (Å²) in [6.45, 7) is 4.59. The first-order chi connectivity index (χ1) is 13.0. The van der Waals surface area contributed by atoms with E-state index in [0.717, 1.165) is 56.3 Å². The van der Waals surface area contributed by atoms with E-state index in [9.17, 15) is 19.5 Å². The molecule has 6 nitrogen and oxygen atoms in total. The van der Waals surface area contributed by atoms with Gasteiger partial charge in [-0.25, -0.2) is 4.79 Å². The highest BCUT2D eigenvalue weighted by Crippen LogP contribution is 2.16. The molecule has 0 saturated heterocycles. The van der Waals surface area contributed by atoms with Crippen LogP contribution in [-0.2, 0) is 14.4 Å². The topological polar surface area (TPSA) is 101 Å². The van der Waals surface area contributed by atoms with E-state index < -0.39 is 12.0 Å². The summed E-state index contributed by atoms with van der Waals surface area (Å²) in [5.74, 6) is -1.83. The van der Waals surface area contributed by atoms with E-state index in [1.165, 1.54) is 0 Å². The lowest BCUT2D eigenvalue weighted by molar-refractivity contribution is -0.158. The number of aliphatic carboxylic acids is 1. The van der Waals surface area contributed by atoms with Crippen LogP contribution < -0.4 is 5.73 Å². The van der Waals surface area contributed by atoms with Crippen LogP contribution in [0.4, 0.5) is 0 Å². The zero-order valence-corrected chi connectivity index (χ0v) is 17.4. The number of rotatable bonds is 17. The van der Waals surface area contributed by atoms with Crippen molar-refractivity contribution in [2.75, 3.05) is 6.54 Å².